The number of carbonyl (C=O) groups is 1. The van der Waals surface area contributed by atoms with Crippen molar-refractivity contribution in [2.45, 2.75) is 25.7 Å². The van der Waals surface area contributed by atoms with E-state index in [0.717, 1.165) is 19.4 Å². The lowest BCUT2D eigenvalue weighted by molar-refractivity contribution is -0.131. The monoisotopic (exact) mass is 282 g/mol. The number of benzene rings is 1. The first kappa shape index (κ1) is 16.0. The van der Waals surface area contributed by atoms with Crippen molar-refractivity contribution >= 4 is 18.3 Å². The molecule has 0 atom stereocenters. The molecule has 1 amide bonds. The molecule has 0 saturated heterocycles. The van der Waals surface area contributed by atoms with Gasteiger partial charge in [-0.2, -0.15) is 0 Å². The summed E-state index contributed by atoms with van der Waals surface area (Å²) in [6.07, 6.45) is 4.08. The lowest BCUT2D eigenvalue weighted by Crippen LogP contribution is -2.37. The zero-order chi connectivity index (χ0) is 12.8. The number of nitrogens with two attached hydrogens (primary N) is 1. The van der Waals surface area contributed by atoms with Crippen LogP contribution in [-0.4, -0.2) is 30.4 Å². The minimum atomic E-state index is 0. The van der Waals surface area contributed by atoms with Gasteiger partial charge in [-0.3, -0.25) is 4.79 Å². The van der Waals surface area contributed by atoms with Gasteiger partial charge in [-0.25, -0.2) is 0 Å². The van der Waals surface area contributed by atoms with E-state index in [2.05, 4.69) is 12.1 Å². The first-order chi connectivity index (χ1) is 8.79. The maximum atomic E-state index is 12.1. The molecule has 0 heterocycles. The summed E-state index contributed by atoms with van der Waals surface area (Å²) in [5.74, 6) is 0.924. The smallest absolute Gasteiger partial charge is 0.222 e. The van der Waals surface area contributed by atoms with E-state index in [-0.39, 0.29) is 18.3 Å². The maximum Gasteiger partial charge on any atom is 0.222 e. The van der Waals surface area contributed by atoms with Gasteiger partial charge in [0, 0.05) is 26.1 Å². The highest BCUT2D eigenvalue weighted by molar-refractivity contribution is 5.85. The average Bonchev–Trinajstić information content (AvgIpc) is 3.19. The SMILES string of the molecule is Cl.NCCN(CCc1ccccc1)C(=O)CC1CC1. The van der Waals surface area contributed by atoms with Crippen LogP contribution in [0.2, 0.25) is 0 Å². The van der Waals surface area contributed by atoms with Gasteiger partial charge in [-0.1, -0.05) is 30.3 Å². The van der Waals surface area contributed by atoms with Crippen molar-refractivity contribution in [3.8, 4) is 0 Å². The van der Waals surface area contributed by atoms with Crippen LogP contribution < -0.4 is 5.73 Å². The Morgan fingerprint density at radius 1 is 1.21 bits per heavy atom. The molecule has 0 radical (unpaired) electrons. The number of halogens is 1. The summed E-state index contributed by atoms with van der Waals surface area (Å²) in [5, 5.41) is 0. The molecule has 2 N–H and O–H groups in total. The third-order valence-electron chi connectivity index (χ3n) is 3.43. The molecule has 1 fully saturated rings. The fourth-order valence-electron chi connectivity index (χ4n) is 2.12. The van der Waals surface area contributed by atoms with Crippen LogP contribution in [0.15, 0.2) is 30.3 Å². The highest BCUT2D eigenvalue weighted by atomic mass is 35.5. The van der Waals surface area contributed by atoms with Crippen LogP contribution >= 0.6 is 12.4 Å². The first-order valence-corrected chi connectivity index (χ1v) is 6.81. The molecule has 0 spiro atoms. The van der Waals surface area contributed by atoms with Gasteiger partial charge in [-0.15, -0.1) is 12.4 Å². The number of nitrogens with zero attached hydrogens (tertiary/aromatic N) is 1. The minimum Gasteiger partial charge on any atom is -0.341 e. The molecule has 1 aliphatic rings. The largest absolute Gasteiger partial charge is 0.341 e. The van der Waals surface area contributed by atoms with E-state index in [9.17, 15) is 4.79 Å². The molecule has 106 valence electrons. The van der Waals surface area contributed by atoms with E-state index in [4.69, 9.17) is 5.73 Å². The third-order valence-corrected chi connectivity index (χ3v) is 3.43. The molecule has 4 heteroatoms. The summed E-state index contributed by atoms with van der Waals surface area (Å²) < 4.78 is 0. The van der Waals surface area contributed by atoms with Gasteiger partial charge in [0.2, 0.25) is 5.91 Å². The van der Waals surface area contributed by atoms with E-state index >= 15 is 0 Å². The van der Waals surface area contributed by atoms with Crippen molar-refractivity contribution in [2.75, 3.05) is 19.6 Å². The Bertz CT molecular complexity index is 379. The molecule has 1 aromatic carbocycles. The van der Waals surface area contributed by atoms with Crippen LogP contribution in [0.4, 0.5) is 0 Å². The fourth-order valence-corrected chi connectivity index (χ4v) is 2.12. The number of hydrogen-bond donors (Lipinski definition) is 1. The topological polar surface area (TPSA) is 46.3 Å². The summed E-state index contributed by atoms with van der Waals surface area (Å²) in [6, 6.07) is 10.3. The summed E-state index contributed by atoms with van der Waals surface area (Å²) in [6.45, 7) is 2.01. The first-order valence-electron chi connectivity index (χ1n) is 6.81. The summed E-state index contributed by atoms with van der Waals surface area (Å²) in [4.78, 5) is 14.0. The van der Waals surface area contributed by atoms with Gasteiger partial charge in [0.15, 0.2) is 0 Å². The van der Waals surface area contributed by atoms with Crippen LogP contribution in [0.25, 0.3) is 0 Å². The predicted octanol–water partition coefficient (Wildman–Crippen LogP) is 2.24. The maximum absolute atomic E-state index is 12.1. The Morgan fingerprint density at radius 2 is 1.89 bits per heavy atom. The van der Waals surface area contributed by atoms with Crippen LogP contribution in [0.3, 0.4) is 0 Å². The standard InChI is InChI=1S/C15H22N2O.ClH/c16-9-11-17(15(18)12-14-6-7-14)10-8-13-4-2-1-3-5-13;/h1-5,14H,6-12,16H2;1H. The number of carbonyl (C=O) groups excluding carboxylic acids is 1. The summed E-state index contributed by atoms with van der Waals surface area (Å²) in [5.41, 5.74) is 6.87. The molecule has 19 heavy (non-hydrogen) atoms. The highest BCUT2D eigenvalue weighted by Gasteiger charge is 2.26. The van der Waals surface area contributed by atoms with Crippen LogP contribution in [-0.2, 0) is 11.2 Å². The van der Waals surface area contributed by atoms with Crippen molar-refractivity contribution < 1.29 is 4.79 Å². The quantitative estimate of drug-likeness (QED) is 0.834. The molecule has 2 rings (SSSR count). The second kappa shape index (κ2) is 8.18. The van der Waals surface area contributed by atoms with Gasteiger partial charge in [0.05, 0.1) is 0 Å². The third kappa shape index (κ3) is 5.62. The molecular formula is C15H23ClN2O. The normalized spacial score (nSPS) is 13.7. The Morgan fingerprint density at radius 3 is 2.47 bits per heavy atom. The van der Waals surface area contributed by atoms with Crippen LogP contribution in [0.5, 0.6) is 0 Å². The fraction of sp³-hybridized carbons (Fsp3) is 0.533. The molecule has 0 aliphatic heterocycles. The van der Waals surface area contributed by atoms with Crippen molar-refractivity contribution in [2.24, 2.45) is 11.7 Å². The number of rotatable bonds is 7. The Balaban J connectivity index is 0.00000180. The number of amides is 1. The summed E-state index contributed by atoms with van der Waals surface area (Å²) in [7, 11) is 0. The molecule has 1 aromatic rings. The van der Waals surface area contributed by atoms with Gasteiger partial charge >= 0.3 is 0 Å². The van der Waals surface area contributed by atoms with Crippen molar-refractivity contribution in [1.29, 1.82) is 0 Å². The van der Waals surface area contributed by atoms with E-state index in [1.165, 1.54) is 18.4 Å². The van der Waals surface area contributed by atoms with Crippen LogP contribution in [0, 0.1) is 5.92 Å². The summed E-state index contributed by atoms with van der Waals surface area (Å²) >= 11 is 0. The lowest BCUT2D eigenvalue weighted by atomic mass is 10.1. The Hall–Kier alpha value is -1.06. The van der Waals surface area contributed by atoms with E-state index in [1.54, 1.807) is 0 Å². The van der Waals surface area contributed by atoms with Crippen molar-refractivity contribution in [3.63, 3.8) is 0 Å². The second-order valence-corrected chi connectivity index (χ2v) is 5.05. The Labute approximate surface area is 121 Å². The molecule has 0 unspecified atom stereocenters. The minimum absolute atomic E-state index is 0. The van der Waals surface area contributed by atoms with E-state index in [1.807, 2.05) is 23.1 Å². The molecule has 1 saturated carbocycles. The van der Waals surface area contributed by atoms with Gasteiger partial charge in [-0.05, 0) is 30.7 Å². The predicted molar refractivity (Wildman–Crippen MR) is 80.4 cm³/mol. The molecule has 0 bridgehead atoms. The molecular weight excluding hydrogens is 260 g/mol. The van der Waals surface area contributed by atoms with E-state index < -0.39 is 0 Å². The zero-order valence-corrected chi connectivity index (χ0v) is 12.1. The van der Waals surface area contributed by atoms with Crippen molar-refractivity contribution in [3.05, 3.63) is 35.9 Å². The second-order valence-electron chi connectivity index (χ2n) is 5.05. The lowest BCUT2D eigenvalue weighted by Gasteiger charge is -2.22. The zero-order valence-electron chi connectivity index (χ0n) is 11.3. The van der Waals surface area contributed by atoms with Gasteiger partial charge < -0.3 is 10.6 Å². The highest BCUT2D eigenvalue weighted by Crippen LogP contribution is 2.32. The number of hydrogen-bond acceptors (Lipinski definition) is 2. The average molecular weight is 283 g/mol. The van der Waals surface area contributed by atoms with E-state index in [0.29, 0.717) is 19.0 Å². The molecule has 0 aromatic heterocycles. The van der Waals surface area contributed by atoms with Gasteiger partial charge in [0.1, 0.15) is 0 Å². The van der Waals surface area contributed by atoms with Gasteiger partial charge in [0.25, 0.3) is 0 Å². The molecule has 1 aliphatic carbocycles. The molecule has 3 nitrogen and oxygen atoms in total. The van der Waals surface area contributed by atoms with Crippen molar-refractivity contribution in [1.82, 2.24) is 4.90 Å². The van der Waals surface area contributed by atoms with Crippen LogP contribution in [0.1, 0.15) is 24.8 Å². The Kier molecular flexibility index (Phi) is 6.89.